The molecule has 0 bridgehead atoms. The predicted molar refractivity (Wildman–Crippen MR) is 100 cm³/mol. The van der Waals surface area contributed by atoms with Crippen LogP contribution in [-0.2, 0) is 25.7 Å². The van der Waals surface area contributed by atoms with Gasteiger partial charge in [-0.15, -0.1) is 0 Å². The van der Waals surface area contributed by atoms with E-state index in [-0.39, 0.29) is 30.3 Å². The molecule has 3 rings (SSSR count). The molecular formula is C21H26N2O4. The van der Waals surface area contributed by atoms with Gasteiger partial charge in [0.1, 0.15) is 12.1 Å². The third kappa shape index (κ3) is 4.38. The van der Waals surface area contributed by atoms with Crippen molar-refractivity contribution in [1.29, 1.82) is 0 Å². The van der Waals surface area contributed by atoms with Crippen molar-refractivity contribution in [1.82, 2.24) is 10.2 Å². The number of carbonyl (C=O) groups excluding carboxylic acids is 3. The first-order valence-corrected chi connectivity index (χ1v) is 9.48. The van der Waals surface area contributed by atoms with Crippen molar-refractivity contribution in [3.8, 4) is 0 Å². The summed E-state index contributed by atoms with van der Waals surface area (Å²) in [7, 11) is 0. The van der Waals surface area contributed by atoms with Gasteiger partial charge in [-0.1, -0.05) is 36.9 Å². The molecule has 0 spiro atoms. The molecular weight excluding hydrogens is 344 g/mol. The second-order valence-corrected chi connectivity index (χ2v) is 7.29. The zero-order valence-electron chi connectivity index (χ0n) is 15.5. The molecule has 1 aromatic carbocycles. The van der Waals surface area contributed by atoms with Gasteiger partial charge in [-0.25, -0.2) is 4.79 Å². The third-order valence-corrected chi connectivity index (χ3v) is 5.53. The number of esters is 1. The summed E-state index contributed by atoms with van der Waals surface area (Å²) >= 11 is 0. The Morgan fingerprint density at radius 1 is 1.19 bits per heavy atom. The summed E-state index contributed by atoms with van der Waals surface area (Å²) in [5.41, 5.74) is 0.0332. The minimum absolute atomic E-state index is 0.103. The third-order valence-electron chi connectivity index (χ3n) is 5.53. The highest BCUT2D eigenvalue weighted by Gasteiger charge is 2.47. The number of amides is 2. The maximum Gasteiger partial charge on any atom is 0.332 e. The van der Waals surface area contributed by atoms with Gasteiger partial charge in [0.2, 0.25) is 11.8 Å². The lowest BCUT2D eigenvalue weighted by atomic mass is 9.76. The summed E-state index contributed by atoms with van der Waals surface area (Å²) in [6.07, 6.45) is 4.61. The molecule has 1 aliphatic heterocycles. The van der Waals surface area contributed by atoms with Crippen molar-refractivity contribution >= 4 is 17.8 Å². The fraction of sp³-hybridized carbons (Fsp3) is 0.476. The predicted octanol–water partition coefficient (Wildman–Crippen LogP) is 2.19. The van der Waals surface area contributed by atoms with Crippen LogP contribution in [-0.4, -0.2) is 41.3 Å². The molecule has 1 aromatic rings. The van der Waals surface area contributed by atoms with E-state index in [9.17, 15) is 14.4 Å². The molecule has 0 aromatic heterocycles. The molecule has 6 nitrogen and oxygen atoms in total. The van der Waals surface area contributed by atoms with Gasteiger partial charge in [-0.2, -0.15) is 0 Å². The Morgan fingerprint density at radius 3 is 2.41 bits per heavy atom. The second kappa shape index (κ2) is 8.37. The van der Waals surface area contributed by atoms with E-state index in [0.29, 0.717) is 38.8 Å². The highest BCUT2D eigenvalue weighted by molar-refractivity contribution is 5.90. The Bertz CT molecular complexity index is 704. The molecule has 2 fully saturated rings. The SMILES string of the molecule is C=CC(=O)N1CCC(C(=O)NC2(C(=O)OCc3ccccc3)CCC2)CC1. The molecule has 6 heteroatoms. The van der Waals surface area contributed by atoms with Crippen molar-refractivity contribution in [2.75, 3.05) is 13.1 Å². The quantitative estimate of drug-likeness (QED) is 0.615. The van der Waals surface area contributed by atoms with Crippen molar-refractivity contribution in [2.24, 2.45) is 5.92 Å². The van der Waals surface area contributed by atoms with E-state index in [0.717, 1.165) is 12.0 Å². The molecule has 2 aliphatic rings. The van der Waals surface area contributed by atoms with Gasteiger partial charge in [0, 0.05) is 19.0 Å². The number of hydrogen-bond donors (Lipinski definition) is 1. The monoisotopic (exact) mass is 370 g/mol. The number of piperidine rings is 1. The molecule has 1 heterocycles. The summed E-state index contributed by atoms with van der Waals surface area (Å²) in [4.78, 5) is 38.7. The minimum atomic E-state index is -0.889. The summed E-state index contributed by atoms with van der Waals surface area (Å²) in [5.74, 6) is -0.755. The van der Waals surface area contributed by atoms with Crippen LogP contribution >= 0.6 is 0 Å². The van der Waals surface area contributed by atoms with E-state index < -0.39 is 5.54 Å². The van der Waals surface area contributed by atoms with Crippen LogP contribution in [0.2, 0.25) is 0 Å². The minimum Gasteiger partial charge on any atom is -0.459 e. The maximum absolute atomic E-state index is 12.7. The van der Waals surface area contributed by atoms with Gasteiger partial charge >= 0.3 is 5.97 Å². The van der Waals surface area contributed by atoms with E-state index >= 15 is 0 Å². The van der Waals surface area contributed by atoms with Gasteiger partial charge in [-0.05, 0) is 43.7 Å². The smallest absolute Gasteiger partial charge is 0.332 e. The van der Waals surface area contributed by atoms with E-state index in [1.807, 2.05) is 30.3 Å². The molecule has 1 N–H and O–H groups in total. The Morgan fingerprint density at radius 2 is 1.85 bits per heavy atom. The summed E-state index contributed by atoms with van der Waals surface area (Å²) < 4.78 is 5.47. The van der Waals surface area contributed by atoms with Gasteiger partial charge in [0.15, 0.2) is 0 Å². The lowest BCUT2D eigenvalue weighted by Crippen LogP contribution is -2.61. The first-order chi connectivity index (χ1) is 13.0. The van der Waals surface area contributed by atoms with Gasteiger partial charge in [-0.3, -0.25) is 9.59 Å². The molecule has 1 saturated carbocycles. The van der Waals surface area contributed by atoms with Crippen LogP contribution in [0.3, 0.4) is 0 Å². The average molecular weight is 370 g/mol. The molecule has 1 saturated heterocycles. The number of ether oxygens (including phenoxy) is 1. The molecule has 0 atom stereocenters. The summed E-state index contributed by atoms with van der Waals surface area (Å²) in [6, 6.07) is 9.50. The van der Waals surface area contributed by atoms with E-state index in [1.165, 1.54) is 6.08 Å². The maximum atomic E-state index is 12.7. The van der Waals surface area contributed by atoms with Crippen molar-refractivity contribution in [3.05, 3.63) is 48.6 Å². The van der Waals surface area contributed by atoms with Crippen molar-refractivity contribution in [3.63, 3.8) is 0 Å². The van der Waals surface area contributed by atoms with Crippen LogP contribution < -0.4 is 5.32 Å². The zero-order chi connectivity index (χ0) is 19.3. The van der Waals surface area contributed by atoms with E-state index in [1.54, 1.807) is 4.90 Å². The highest BCUT2D eigenvalue weighted by atomic mass is 16.5. The number of carbonyl (C=O) groups is 3. The summed E-state index contributed by atoms with van der Waals surface area (Å²) in [5, 5.41) is 2.96. The number of hydrogen-bond acceptors (Lipinski definition) is 4. The average Bonchev–Trinajstić information content (AvgIpc) is 2.69. The number of benzene rings is 1. The zero-order valence-corrected chi connectivity index (χ0v) is 15.5. The first-order valence-electron chi connectivity index (χ1n) is 9.48. The lowest BCUT2D eigenvalue weighted by molar-refractivity contribution is -0.160. The van der Waals surface area contributed by atoms with Gasteiger partial charge in [0.05, 0.1) is 0 Å². The summed E-state index contributed by atoms with van der Waals surface area (Å²) in [6.45, 7) is 4.77. The van der Waals surface area contributed by atoms with Crippen LogP contribution in [0.5, 0.6) is 0 Å². The Hall–Kier alpha value is -2.63. The normalized spacial score (nSPS) is 18.9. The highest BCUT2D eigenvalue weighted by Crippen LogP contribution is 2.34. The van der Waals surface area contributed by atoms with Crippen molar-refractivity contribution in [2.45, 2.75) is 44.2 Å². The molecule has 144 valence electrons. The number of nitrogens with one attached hydrogen (secondary N) is 1. The lowest BCUT2D eigenvalue weighted by Gasteiger charge is -2.41. The molecule has 1 aliphatic carbocycles. The molecule has 0 radical (unpaired) electrons. The van der Waals surface area contributed by atoms with Gasteiger partial charge in [0.25, 0.3) is 0 Å². The van der Waals surface area contributed by atoms with Crippen molar-refractivity contribution < 1.29 is 19.1 Å². The number of rotatable bonds is 6. The first kappa shape index (κ1) is 19.1. The largest absolute Gasteiger partial charge is 0.459 e. The van der Waals surface area contributed by atoms with E-state index in [4.69, 9.17) is 4.74 Å². The number of nitrogens with zero attached hydrogens (tertiary/aromatic N) is 1. The molecule has 27 heavy (non-hydrogen) atoms. The standard InChI is InChI=1S/C21H26N2O4/c1-2-18(24)23-13-9-17(10-14-23)19(25)22-21(11-6-12-21)20(26)27-15-16-7-4-3-5-8-16/h2-5,7-8,17H,1,6,9-15H2,(H,22,25). The second-order valence-electron chi connectivity index (χ2n) is 7.29. The topological polar surface area (TPSA) is 75.7 Å². The van der Waals surface area contributed by atoms with Gasteiger partial charge < -0.3 is 15.0 Å². The Labute approximate surface area is 159 Å². The molecule has 0 unspecified atom stereocenters. The van der Waals surface area contributed by atoms with Crippen LogP contribution in [0, 0.1) is 5.92 Å². The van der Waals surface area contributed by atoms with Crippen LogP contribution in [0.25, 0.3) is 0 Å². The van der Waals surface area contributed by atoms with E-state index in [2.05, 4.69) is 11.9 Å². The fourth-order valence-corrected chi connectivity index (χ4v) is 3.60. The van der Waals surface area contributed by atoms with Crippen LogP contribution in [0.4, 0.5) is 0 Å². The fourth-order valence-electron chi connectivity index (χ4n) is 3.60. The van der Waals surface area contributed by atoms with Crippen LogP contribution in [0.15, 0.2) is 43.0 Å². The Balaban J connectivity index is 1.53. The van der Waals surface area contributed by atoms with Crippen LogP contribution in [0.1, 0.15) is 37.7 Å². The molecule has 2 amide bonds. The number of likely N-dealkylation sites (tertiary alicyclic amines) is 1. The Kier molecular flexibility index (Phi) is 5.94.